The lowest BCUT2D eigenvalue weighted by molar-refractivity contribution is -0.167. The van der Waals surface area contributed by atoms with Crippen molar-refractivity contribution >= 4 is 11.9 Å². The highest BCUT2D eigenvalue weighted by molar-refractivity contribution is 5.93. The molecule has 6 nitrogen and oxygen atoms in total. The zero-order valence-electron chi connectivity index (χ0n) is 9.04. The summed E-state index contributed by atoms with van der Waals surface area (Å²) in [6.45, 7) is 1.62. The number of alkyl halides is 3. The average molecular weight is 257 g/mol. The van der Waals surface area contributed by atoms with Crippen LogP contribution in [0.1, 0.15) is 18.3 Å². The molecule has 1 aromatic heterocycles. The van der Waals surface area contributed by atoms with Gasteiger partial charge in [0, 0.05) is 6.54 Å². The van der Waals surface area contributed by atoms with Gasteiger partial charge in [-0.25, -0.2) is 4.98 Å². The predicted molar refractivity (Wildman–Crippen MR) is 52.0 cm³/mol. The summed E-state index contributed by atoms with van der Waals surface area (Å²) in [7, 11) is 0. The van der Waals surface area contributed by atoms with Crippen LogP contribution in [0.15, 0.2) is 0 Å². The fourth-order valence-electron chi connectivity index (χ4n) is 1.22. The van der Waals surface area contributed by atoms with Crippen LogP contribution >= 0.6 is 0 Å². The number of nitrogens with zero attached hydrogens (tertiary/aromatic N) is 4. The number of carbonyl (C=O) groups is 1. The SMILES string of the molecule is CCn1c(NC(=O)C(F)(F)F)nc(C#N)c1C#N. The minimum absolute atomic E-state index is 0.0883. The van der Waals surface area contributed by atoms with Crippen molar-refractivity contribution < 1.29 is 18.0 Å². The van der Waals surface area contributed by atoms with E-state index in [4.69, 9.17) is 10.5 Å². The normalized spacial score (nSPS) is 10.6. The first kappa shape index (κ1) is 13.5. The summed E-state index contributed by atoms with van der Waals surface area (Å²) in [5.41, 5.74) is -0.533. The highest BCUT2D eigenvalue weighted by Crippen LogP contribution is 2.20. The van der Waals surface area contributed by atoms with E-state index >= 15 is 0 Å². The third-order valence-electron chi connectivity index (χ3n) is 1.98. The summed E-state index contributed by atoms with van der Waals surface area (Å²) < 4.78 is 37.2. The van der Waals surface area contributed by atoms with Gasteiger partial charge in [-0.3, -0.25) is 10.1 Å². The van der Waals surface area contributed by atoms with Gasteiger partial charge in [0.25, 0.3) is 0 Å². The summed E-state index contributed by atoms with van der Waals surface area (Å²) >= 11 is 0. The molecule has 0 aliphatic carbocycles. The molecule has 0 aliphatic rings. The Morgan fingerprint density at radius 1 is 1.44 bits per heavy atom. The third-order valence-corrected chi connectivity index (χ3v) is 1.98. The summed E-state index contributed by atoms with van der Waals surface area (Å²) in [5, 5.41) is 19.0. The molecule has 1 rings (SSSR count). The van der Waals surface area contributed by atoms with E-state index in [-0.39, 0.29) is 17.9 Å². The maximum Gasteiger partial charge on any atom is 0.471 e. The maximum atomic E-state index is 12.1. The van der Waals surface area contributed by atoms with E-state index in [1.807, 2.05) is 0 Å². The van der Waals surface area contributed by atoms with Gasteiger partial charge in [-0.2, -0.15) is 23.7 Å². The Hall–Kier alpha value is -2.55. The molecular weight excluding hydrogens is 251 g/mol. The molecule has 1 aromatic rings. The standard InChI is InChI=1S/C9H6F3N5O/c1-2-17-6(4-14)5(3-13)15-8(17)16-7(18)9(10,11)12/h2H2,1H3,(H,15,16,18). The van der Waals surface area contributed by atoms with Crippen molar-refractivity contribution in [3.8, 4) is 12.1 Å². The van der Waals surface area contributed by atoms with Gasteiger partial charge in [0.15, 0.2) is 11.4 Å². The van der Waals surface area contributed by atoms with E-state index in [2.05, 4.69) is 4.98 Å². The number of imidazole rings is 1. The molecule has 0 unspecified atom stereocenters. The topological polar surface area (TPSA) is 94.5 Å². The first-order chi connectivity index (χ1) is 8.35. The second-order valence-corrected chi connectivity index (χ2v) is 3.05. The van der Waals surface area contributed by atoms with Gasteiger partial charge < -0.3 is 4.57 Å². The van der Waals surface area contributed by atoms with Crippen molar-refractivity contribution in [1.29, 1.82) is 10.5 Å². The quantitative estimate of drug-likeness (QED) is 0.859. The van der Waals surface area contributed by atoms with Gasteiger partial charge in [-0.05, 0) is 6.92 Å². The number of nitriles is 2. The molecule has 0 aromatic carbocycles. The van der Waals surface area contributed by atoms with E-state index in [0.717, 1.165) is 4.57 Å². The third kappa shape index (κ3) is 2.40. The number of hydrogen-bond acceptors (Lipinski definition) is 4. The fraction of sp³-hybridized carbons (Fsp3) is 0.333. The highest BCUT2D eigenvalue weighted by atomic mass is 19.4. The van der Waals surface area contributed by atoms with E-state index in [9.17, 15) is 18.0 Å². The van der Waals surface area contributed by atoms with Crippen LogP contribution in [0, 0.1) is 22.7 Å². The average Bonchev–Trinajstić information content (AvgIpc) is 2.64. The molecule has 1 N–H and O–H groups in total. The fourth-order valence-corrected chi connectivity index (χ4v) is 1.22. The second kappa shape index (κ2) is 4.75. The van der Waals surface area contributed by atoms with Crippen LogP contribution in [0.4, 0.5) is 19.1 Å². The number of nitrogens with one attached hydrogen (secondary N) is 1. The van der Waals surface area contributed by atoms with E-state index < -0.39 is 18.0 Å². The molecule has 94 valence electrons. The van der Waals surface area contributed by atoms with Gasteiger partial charge in [0.05, 0.1) is 0 Å². The van der Waals surface area contributed by atoms with Gasteiger partial charge in [0.2, 0.25) is 5.95 Å². The zero-order chi connectivity index (χ0) is 13.9. The largest absolute Gasteiger partial charge is 0.471 e. The van der Waals surface area contributed by atoms with Gasteiger partial charge in [-0.1, -0.05) is 0 Å². The molecule has 0 fully saturated rings. The van der Waals surface area contributed by atoms with Crippen LogP contribution < -0.4 is 5.32 Å². The lowest BCUT2D eigenvalue weighted by Crippen LogP contribution is -2.31. The summed E-state index contributed by atoms with van der Waals surface area (Å²) in [6, 6.07) is 3.21. The predicted octanol–water partition coefficient (Wildman–Crippen LogP) is 1.15. The number of amides is 1. The summed E-state index contributed by atoms with van der Waals surface area (Å²) in [4.78, 5) is 14.2. The van der Waals surface area contributed by atoms with Crippen LogP contribution in [0.5, 0.6) is 0 Å². The van der Waals surface area contributed by atoms with Crippen LogP contribution in [-0.4, -0.2) is 21.6 Å². The lowest BCUT2D eigenvalue weighted by atomic mass is 10.3. The Balaban J connectivity index is 3.20. The summed E-state index contributed by atoms with van der Waals surface area (Å²) in [5.74, 6) is -2.69. The number of halogens is 3. The molecule has 0 atom stereocenters. The molecule has 0 aliphatic heterocycles. The first-order valence-corrected chi connectivity index (χ1v) is 4.64. The number of anilines is 1. The molecule has 1 amide bonds. The van der Waals surface area contributed by atoms with E-state index in [0.29, 0.717) is 0 Å². The highest BCUT2D eigenvalue weighted by Gasteiger charge is 2.39. The number of hydrogen-bond donors (Lipinski definition) is 1. The molecule has 1 heterocycles. The van der Waals surface area contributed by atoms with Crippen molar-refractivity contribution in [2.45, 2.75) is 19.6 Å². The van der Waals surface area contributed by atoms with Crippen molar-refractivity contribution in [2.24, 2.45) is 0 Å². The van der Waals surface area contributed by atoms with Crippen LogP contribution in [0.25, 0.3) is 0 Å². The molecule has 0 saturated carbocycles. The molecule has 0 saturated heterocycles. The van der Waals surface area contributed by atoms with Crippen molar-refractivity contribution in [2.75, 3.05) is 5.32 Å². The Bertz CT molecular complexity index is 560. The van der Waals surface area contributed by atoms with Crippen molar-refractivity contribution in [3.63, 3.8) is 0 Å². The minimum Gasteiger partial charge on any atom is -0.301 e. The second-order valence-electron chi connectivity index (χ2n) is 3.05. The Labute approximate surface area is 99.3 Å². The molecule has 0 radical (unpaired) electrons. The minimum atomic E-state index is -5.07. The molecule has 0 bridgehead atoms. The Morgan fingerprint density at radius 2 is 2.06 bits per heavy atom. The molecule has 0 spiro atoms. The monoisotopic (exact) mass is 257 g/mol. The molecule has 18 heavy (non-hydrogen) atoms. The smallest absolute Gasteiger partial charge is 0.301 e. The van der Waals surface area contributed by atoms with Crippen LogP contribution in [0.2, 0.25) is 0 Å². The van der Waals surface area contributed by atoms with Crippen molar-refractivity contribution in [1.82, 2.24) is 9.55 Å². The van der Waals surface area contributed by atoms with Gasteiger partial charge in [-0.15, -0.1) is 0 Å². The first-order valence-electron chi connectivity index (χ1n) is 4.64. The Morgan fingerprint density at radius 3 is 2.44 bits per heavy atom. The van der Waals surface area contributed by atoms with E-state index in [1.54, 1.807) is 12.1 Å². The van der Waals surface area contributed by atoms with Gasteiger partial charge in [0.1, 0.15) is 12.1 Å². The van der Waals surface area contributed by atoms with Crippen molar-refractivity contribution in [3.05, 3.63) is 11.4 Å². The zero-order valence-corrected chi connectivity index (χ0v) is 9.04. The van der Waals surface area contributed by atoms with Crippen LogP contribution in [-0.2, 0) is 11.3 Å². The number of carbonyl (C=O) groups excluding carboxylic acids is 1. The lowest BCUT2D eigenvalue weighted by Gasteiger charge is -2.08. The maximum absolute atomic E-state index is 12.1. The molecular formula is C9H6F3N5O. The number of rotatable bonds is 2. The molecule has 9 heteroatoms. The van der Waals surface area contributed by atoms with Gasteiger partial charge >= 0.3 is 12.1 Å². The number of aromatic nitrogens is 2. The van der Waals surface area contributed by atoms with Crippen LogP contribution in [0.3, 0.4) is 0 Å². The Kier molecular flexibility index (Phi) is 3.57. The summed E-state index contributed by atoms with van der Waals surface area (Å²) in [6.07, 6.45) is -5.07. The van der Waals surface area contributed by atoms with E-state index in [1.165, 1.54) is 12.2 Å².